The van der Waals surface area contributed by atoms with Crippen LogP contribution in [0.2, 0.25) is 0 Å². The Kier molecular flexibility index (Phi) is 22.1. The van der Waals surface area contributed by atoms with Crippen molar-refractivity contribution in [3.63, 3.8) is 0 Å². The van der Waals surface area contributed by atoms with Crippen molar-refractivity contribution >= 4 is 5.97 Å². The van der Waals surface area contributed by atoms with Crippen molar-refractivity contribution in [2.45, 2.75) is 110 Å². The zero-order valence-corrected chi connectivity index (χ0v) is 22.0. The molecule has 0 aliphatic heterocycles. The van der Waals surface area contributed by atoms with E-state index in [1.807, 2.05) is 0 Å². The second-order valence-electron chi connectivity index (χ2n) is 8.84. The quantitative estimate of drug-likeness (QED) is 0.193. The SMILES string of the molecule is CCCCC/C=C\C/C=C\CCCCCCCCNCC1CCC(C(=O)O)CC1.[H-].[Na+]. The van der Waals surface area contributed by atoms with Crippen molar-refractivity contribution in [1.82, 2.24) is 5.32 Å². The van der Waals surface area contributed by atoms with Crippen LogP contribution < -0.4 is 34.9 Å². The van der Waals surface area contributed by atoms with Gasteiger partial charge in [0.25, 0.3) is 0 Å². The van der Waals surface area contributed by atoms with Gasteiger partial charge in [-0.05, 0) is 83.2 Å². The summed E-state index contributed by atoms with van der Waals surface area (Å²) in [5, 5.41) is 12.6. The van der Waals surface area contributed by atoms with Crippen molar-refractivity contribution in [2.24, 2.45) is 11.8 Å². The Hall–Kier alpha value is -0.0900. The van der Waals surface area contributed by atoms with E-state index < -0.39 is 5.97 Å². The summed E-state index contributed by atoms with van der Waals surface area (Å²) in [6.45, 7) is 4.45. The van der Waals surface area contributed by atoms with Crippen LogP contribution in [0.1, 0.15) is 111 Å². The van der Waals surface area contributed by atoms with Gasteiger partial charge in [0.2, 0.25) is 0 Å². The molecular formula is C26H48NNaO2. The summed E-state index contributed by atoms with van der Waals surface area (Å²) in [4.78, 5) is 11.0. The largest absolute Gasteiger partial charge is 1.00 e. The summed E-state index contributed by atoms with van der Waals surface area (Å²) in [5.74, 6) is 0.00635. The molecule has 4 heteroatoms. The minimum Gasteiger partial charge on any atom is -1.00 e. The van der Waals surface area contributed by atoms with Crippen LogP contribution in [-0.4, -0.2) is 24.2 Å². The Morgan fingerprint density at radius 1 is 0.867 bits per heavy atom. The van der Waals surface area contributed by atoms with Gasteiger partial charge < -0.3 is 11.8 Å². The molecule has 0 aromatic rings. The fraction of sp³-hybridized carbons (Fsp3) is 0.808. The summed E-state index contributed by atoms with van der Waals surface area (Å²) in [6.07, 6.45) is 28.8. The number of carboxylic acid groups (broad SMARTS) is 1. The van der Waals surface area contributed by atoms with Crippen LogP contribution in [-0.2, 0) is 4.79 Å². The molecule has 2 N–H and O–H groups in total. The first kappa shape index (κ1) is 29.9. The van der Waals surface area contributed by atoms with E-state index in [-0.39, 0.29) is 36.9 Å². The van der Waals surface area contributed by atoms with E-state index in [2.05, 4.69) is 36.5 Å². The first-order chi connectivity index (χ1) is 14.2. The van der Waals surface area contributed by atoms with Crippen LogP contribution in [0.25, 0.3) is 0 Å². The summed E-state index contributed by atoms with van der Waals surface area (Å²) < 4.78 is 0. The normalized spacial score (nSPS) is 19.4. The number of carboxylic acids is 1. The molecule has 0 radical (unpaired) electrons. The van der Waals surface area contributed by atoms with Crippen LogP contribution in [0.3, 0.4) is 0 Å². The van der Waals surface area contributed by atoms with Gasteiger partial charge in [-0.1, -0.05) is 69.8 Å². The molecule has 1 rings (SSSR count). The maximum absolute atomic E-state index is 11.0. The van der Waals surface area contributed by atoms with E-state index in [0.717, 1.165) is 45.2 Å². The van der Waals surface area contributed by atoms with E-state index in [4.69, 9.17) is 5.11 Å². The molecule has 1 aliphatic carbocycles. The van der Waals surface area contributed by atoms with E-state index >= 15 is 0 Å². The van der Waals surface area contributed by atoms with E-state index in [1.165, 1.54) is 70.6 Å². The topological polar surface area (TPSA) is 49.3 Å². The molecule has 3 nitrogen and oxygen atoms in total. The van der Waals surface area contributed by atoms with E-state index in [9.17, 15) is 4.79 Å². The van der Waals surface area contributed by atoms with Crippen molar-refractivity contribution in [2.75, 3.05) is 13.1 Å². The van der Waals surface area contributed by atoms with Gasteiger partial charge in [0.1, 0.15) is 0 Å². The molecular weight excluding hydrogens is 381 g/mol. The maximum atomic E-state index is 11.0. The predicted octanol–water partition coefficient (Wildman–Crippen LogP) is 4.40. The summed E-state index contributed by atoms with van der Waals surface area (Å²) >= 11 is 0. The third-order valence-electron chi connectivity index (χ3n) is 6.18. The van der Waals surface area contributed by atoms with Gasteiger partial charge >= 0.3 is 35.5 Å². The van der Waals surface area contributed by atoms with E-state index in [0.29, 0.717) is 5.92 Å². The van der Waals surface area contributed by atoms with Crippen molar-refractivity contribution in [3.05, 3.63) is 24.3 Å². The fourth-order valence-electron chi connectivity index (χ4n) is 4.16. The van der Waals surface area contributed by atoms with Crippen LogP contribution in [0.4, 0.5) is 0 Å². The van der Waals surface area contributed by atoms with Crippen molar-refractivity contribution in [3.8, 4) is 0 Å². The Labute approximate surface area is 210 Å². The summed E-state index contributed by atoms with van der Waals surface area (Å²) in [5.41, 5.74) is 0. The number of hydrogen-bond acceptors (Lipinski definition) is 2. The second-order valence-corrected chi connectivity index (χ2v) is 8.84. The van der Waals surface area contributed by atoms with Gasteiger partial charge in [0.15, 0.2) is 0 Å². The fourth-order valence-corrected chi connectivity index (χ4v) is 4.16. The third-order valence-corrected chi connectivity index (χ3v) is 6.18. The number of aliphatic carboxylic acids is 1. The van der Waals surface area contributed by atoms with Crippen LogP contribution in [0.5, 0.6) is 0 Å². The number of carbonyl (C=O) groups is 1. The summed E-state index contributed by atoms with van der Waals surface area (Å²) in [6, 6.07) is 0. The zero-order valence-electron chi connectivity index (χ0n) is 21.0. The first-order valence-corrected chi connectivity index (χ1v) is 12.5. The van der Waals surface area contributed by atoms with Gasteiger partial charge in [0.05, 0.1) is 5.92 Å². The van der Waals surface area contributed by atoms with Crippen LogP contribution >= 0.6 is 0 Å². The minimum atomic E-state index is -0.599. The third kappa shape index (κ3) is 17.6. The number of hydrogen-bond donors (Lipinski definition) is 2. The number of unbranched alkanes of at least 4 members (excludes halogenated alkanes) is 9. The molecule has 0 heterocycles. The molecule has 0 aromatic carbocycles. The predicted molar refractivity (Wildman–Crippen MR) is 126 cm³/mol. The summed E-state index contributed by atoms with van der Waals surface area (Å²) in [7, 11) is 0. The van der Waals surface area contributed by atoms with Gasteiger partial charge in [-0.3, -0.25) is 4.79 Å². The molecule has 0 unspecified atom stereocenters. The zero-order chi connectivity index (χ0) is 21.0. The van der Waals surface area contributed by atoms with Gasteiger partial charge in [-0.2, -0.15) is 0 Å². The molecule has 0 atom stereocenters. The first-order valence-electron chi connectivity index (χ1n) is 12.5. The molecule has 1 fully saturated rings. The van der Waals surface area contributed by atoms with Gasteiger partial charge in [-0.25, -0.2) is 0 Å². The molecule has 0 aromatic heterocycles. The molecule has 0 amide bonds. The number of allylic oxidation sites excluding steroid dienone is 4. The Morgan fingerprint density at radius 2 is 1.43 bits per heavy atom. The number of nitrogens with one attached hydrogen (secondary N) is 1. The van der Waals surface area contributed by atoms with E-state index in [1.54, 1.807) is 0 Å². The molecule has 1 saturated carbocycles. The van der Waals surface area contributed by atoms with Crippen molar-refractivity contribution in [1.29, 1.82) is 0 Å². The number of rotatable bonds is 18. The Balaban J connectivity index is 0. The average molecular weight is 430 g/mol. The van der Waals surface area contributed by atoms with Crippen molar-refractivity contribution < 1.29 is 40.9 Å². The standard InChI is InChI=1S/C26H47NO2.Na.H/c1-2-3-4-5-6-7-8-9-10-11-12-13-14-15-16-17-22-27-23-24-18-20-25(21-19-24)26(28)29;;/h6-7,9-10,24-25,27H,2-5,8,11-23H2,1H3,(H,28,29);;/q;+1;-1/b7-6-,10-9-;;. The molecule has 0 saturated heterocycles. The minimum absolute atomic E-state index is 0. The van der Waals surface area contributed by atoms with Gasteiger partial charge in [-0.15, -0.1) is 0 Å². The second kappa shape index (κ2) is 22.1. The smallest absolute Gasteiger partial charge is 1.00 e. The van der Waals surface area contributed by atoms with Gasteiger partial charge in [0, 0.05) is 0 Å². The monoisotopic (exact) mass is 429 g/mol. The van der Waals surface area contributed by atoms with Crippen LogP contribution in [0.15, 0.2) is 24.3 Å². The average Bonchev–Trinajstić information content (AvgIpc) is 2.73. The molecule has 0 bridgehead atoms. The molecule has 30 heavy (non-hydrogen) atoms. The van der Waals surface area contributed by atoms with Crippen LogP contribution in [0, 0.1) is 11.8 Å². The maximum Gasteiger partial charge on any atom is 1.00 e. The molecule has 1 aliphatic rings. The molecule has 170 valence electrons. The Bertz CT molecular complexity index is 449. The molecule has 0 spiro atoms. The Morgan fingerprint density at radius 3 is 2.03 bits per heavy atom.